The van der Waals surface area contributed by atoms with Gasteiger partial charge in [0.1, 0.15) is 0 Å². The highest BCUT2D eigenvalue weighted by molar-refractivity contribution is 7.15. The maximum Gasteiger partial charge on any atom is 0.0908 e. The average Bonchev–Trinajstić information content (AvgIpc) is 3.05. The summed E-state index contributed by atoms with van der Waals surface area (Å²) in [5, 5.41) is 1.09. The molecule has 4 rings (SSSR count). The van der Waals surface area contributed by atoms with E-state index in [1.807, 2.05) is 12.1 Å². The smallest absolute Gasteiger partial charge is 0.0908 e. The molecule has 0 aliphatic heterocycles. The van der Waals surface area contributed by atoms with Crippen LogP contribution in [0.5, 0.6) is 0 Å². The molecule has 0 radical (unpaired) electrons. The Bertz CT molecular complexity index is 938. The number of rotatable bonds is 3. The number of aryl methyl sites for hydroxylation is 1. The van der Waals surface area contributed by atoms with Gasteiger partial charge in [-0.15, -0.1) is 11.3 Å². The molecule has 1 heterocycles. The lowest BCUT2D eigenvalue weighted by molar-refractivity contribution is 1.30. The summed E-state index contributed by atoms with van der Waals surface area (Å²) in [6.07, 6.45) is 0. The number of aromatic nitrogens is 1. The van der Waals surface area contributed by atoms with Gasteiger partial charge < -0.3 is 0 Å². The van der Waals surface area contributed by atoms with Crippen LogP contribution in [0.3, 0.4) is 0 Å². The summed E-state index contributed by atoms with van der Waals surface area (Å²) >= 11 is 1.75. The Labute approximate surface area is 146 Å². The van der Waals surface area contributed by atoms with Crippen molar-refractivity contribution in [2.45, 2.75) is 6.92 Å². The fraction of sp³-hybridized carbons (Fsp3) is 0.0455. The third-order valence-corrected chi connectivity index (χ3v) is 5.06. The Morgan fingerprint density at radius 2 is 1.08 bits per heavy atom. The lowest BCUT2D eigenvalue weighted by atomic mass is 10.0. The molecule has 0 aliphatic rings. The van der Waals surface area contributed by atoms with Crippen molar-refractivity contribution in [1.82, 2.24) is 4.98 Å². The van der Waals surface area contributed by atoms with Crippen molar-refractivity contribution in [2.24, 2.45) is 0 Å². The van der Waals surface area contributed by atoms with E-state index in [1.54, 1.807) is 11.3 Å². The SMILES string of the molecule is Cc1nc(-c2ccc(-c3ccccc3)cc2)c(-c2ccccc2)s1. The Morgan fingerprint density at radius 3 is 1.71 bits per heavy atom. The first-order valence-electron chi connectivity index (χ1n) is 8.00. The van der Waals surface area contributed by atoms with Gasteiger partial charge in [-0.1, -0.05) is 84.9 Å². The van der Waals surface area contributed by atoms with Gasteiger partial charge in [-0.3, -0.25) is 0 Å². The van der Waals surface area contributed by atoms with Crippen LogP contribution in [-0.4, -0.2) is 4.98 Å². The minimum Gasteiger partial charge on any atom is -0.241 e. The zero-order valence-electron chi connectivity index (χ0n) is 13.4. The molecular weight excluding hydrogens is 310 g/mol. The molecule has 1 nitrogen and oxygen atoms in total. The normalized spacial score (nSPS) is 10.7. The predicted molar refractivity (Wildman–Crippen MR) is 103 cm³/mol. The maximum absolute atomic E-state index is 4.78. The van der Waals surface area contributed by atoms with Crippen LogP contribution in [0, 0.1) is 6.92 Å². The topological polar surface area (TPSA) is 12.9 Å². The van der Waals surface area contributed by atoms with Gasteiger partial charge in [0.2, 0.25) is 0 Å². The second-order valence-corrected chi connectivity index (χ2v) is 6.92. The summed E-state index contributed by atoms with van der Waals surface area (Å²) in [4.78, 5) is 6.01. The average molecular weight is 327 g/mol. The third-order valence-electron chi connectivity index (χ3n) is 4.04. The summed E-state index contributed by atoms with van der Waals surface area (Å²) in [6, 6.07) is 29.6. The maximum atomic E-state index is 4.78. The molecule has 3 aromatic carbocycles. The van der Waals surface area contributed by atoms with Gasteiger partial charge in [0, 0.05) is 5.56 Å². The molecule has 0 bridgehead atoms. The van der Waals surface area contributed by atoms with Gasteiger partial charge in [0.25, 0.3) is 0 Å². The van der Waals surface area contributed by atoms with Crippen LogP contribution in [0.25, 0.3) is 32.8 Å². The first kappa shape index (κ1) is 14.9. The minimum atomic E-state index is 1.07. The monoisotopic (exact) mass is 327 g/mol. The van der Waals surface area contributed by atoms with Crippen molar-refractivity contribution in [2.75, 3.05) is 0 Å². The number of benzene rings is 3. The molecule has 24 heavy (non-hydrogen) atoms. The summed E-state index contributed by atoms with van der Waals surface area (Å²) in [5.41, 5.74) is 5.93. The van der Waals surface area contributed by atoms with Gasteiger partial charge in [-0.25, -0.2) is 4.98 Å². The molecule has 0 saturated heterocycles. The number of nitrogens with zero attached hydrogens (tertiary/aromatic N) is 1. The van der Waals surface area contributed by atoms with Gasteiger partial charge in [-0.2, -0.15) is 0 Å². The summed E-state index contributed by atoms with van der Waals surface area (Å²) < 4.78 is 0. The Kier molecular flexibility index (Phi) is 3.97. The van der Waals surface area contributed by atoms with E-state index >= 15 is 0 Å². The summed E-state index contributed by atoms with van der Waals surface area (Å²) in [5.74, 6) is 0. The Morgan fingerprint density at radius 1 is 0.583 bits per heavy atom. The highest BCUT2D eigenvalue weighted by atomic mass is 32.1. The summed E-state index contributed by atoms with van der Waals surface area (Å²) in [6.45, 7) is 2.07. The lowest BCUT2D eigenvalue weighted by Crippen LogP contribution is -1.83. The fourth-order valence-electron chi connectivity index (χ4n) is 2.86. The van der Waals surface area contributed by atoms with Crippen LogP contribution < -0.4 is 0 Å². The van der Waals surface area contributed by atoms with E-state index in [0.29, 0.717) is 0 Å². The van der Waals surface area contributed by atoms with Gasteiger partial charge in [0.15, 0.2) is 0 Å². The Balaban J connectivity index is 1.75. The van der Waals surface area contributed by atoms with Crippen LogP contribution in [0.4, 0.5) is 0 Å². The molecule has 0 fully saturated rings. The molecule has 2 heteroatoms. The molecule has 0 unspecified atom stereocenters. The first-order valence-corrected chi connectivity index (χ1v) is 8.81. The van der Waals surface area contributed by atoms with Crippen LogP contribution in [0.1, 0.15) is 5.01 Å². The molecular formula is C22H17NS. The van der Waals surface area contributed by atoms with E-state index in [4.69, 9.17) is 4.98 Å². The predicted octanol–water partition coefficient (Wildman–Crippen LogP) is 6.45. The lowest BCUT2D eigenvalue weighted by Gasteiger charge is -2.05. The molecule has 0 N–H and O–H groups in total. The van der Waals surface area contributed by atoms with E-state index in [0.717, 1.165) is 16.3 Å². The van der Waals surface area contributed by atoms with E-state index in [2.05, 4.69) is 79.7 Å². The molecule has 1 aromatic heterocycles. The van der Waals surface area contributed by atoms with Crippen molar-refractivity contribution >= 4 is 11.3 Å². The van der Waals surface area contributed by atoms with E-state index in [1.165, 1.54) is 21.6 Å². The molecule has 0 spiro atoms. The van der Waals surface area contributed by atoms with Crippen molar-refractivity contribution in [3.63, 3.8) is 0 Å². The second kappa shape index (κ2) is 6.42. The molecule has 116 valence electrons. The zero-order valence-corrected chi connectivity index (χ0v) is 14.3. The number of thiazole rings is 1. The van der Waals surface area contributed by atoms with Crippen molar-refractivity contribution in [3.05, 3.63) is 89.9 Å². The van der Waals surface area contributed by atoms with Crippen molar-refractivity contribution < 1.29 is 0 Å². The zero-order chi connectivity index (χ0) is 16.4. The van der Waals surface area contributed by atoms with Gasteiger partial charge >= 0.3 is 0 Å². The van der Waals surface area contributed by atoms with Crippen LogP contribution in [0.2, 0.25) is 0 Å². The van der Waals surface area contributed by atoms with Crippen LogP contribution in [0.15, 0.2) is 84.9 Å². The summed E-state index contributed by atoms with van der Waals surface area (Å²) in [7, 11) is 0. The molecule has 0 saturated carbocycles. The standard InChI is InChI=1S/C22H17NS/c1-16-23-21(22(24-16)20-10-6-3-7-11-20)19-14-12-18(13-15-19)17-8-4-2-5-9-17/h2-15H,1H3. The van der Waals surface area contributed by atoms with Crippen LogP contribution >= 0.6 is 11.3 Å². The quantitative estimate of drug-likeness (QED) is 0.421. The molecule has 0 amide bonds. The number of hydrogen-bond donors (Lipinski definition) is 0. The third kappa shape index (κ3) is 2.89. The largest absolute Gasteiger partial charge is 0.241 e. The highest BCUT2D eigenvalue weighted by Gasteiger charge is 2.13. The van der Waals surface area contributed by atoms with Gasteiger partial charge in [-0.05, 0) is 23.6 Å². The minimum absolute atomic E-state index is 1.07. The van der Waals surface area contributed by atoms with Crippen molar-refractivity contribution in [3.8, 4) is 32.8 Å². The molecule has 0 atom stereocenters. The van der Waals surface area contributed by atoms with E-state index in [-0.39, 0.29) is 0 Å². The Hall–Kier alpha value is -2.71. The first-order chi connectivity index (χ1) is 11.8. The second-order valence-electron chi connectivity index (χ2n) is 5.72. The molecule has 4 aromatic rings. The van der Waals surface area contributed by atoms with E-state index in [9.17, 15) is 0 Å². The van der Waals surface area contributed by atoms with E-state index < -0.39 is 0 Å². The van der Waals surface area contributed by atoms with Crippen LogP contribution in [-0.2, 0) is 0 Å². The molecule has 0 aliphatic carbocycles. The fourth-order valence-corrected chi connectivity index (χ4v) is 3.81. The number of hydrogen-bond acceptors (Lipinski definition) is 2. The van der Waals surface area contributed by atoms with Crippen molar-refractivity contribution in [1.29, 1.82) is 0 Å². The van der Waals surface area contributed by atoms with Gasteiger partial charge in [0.05, 0.1) is 15.6 Å². The highest BCUT2D eigenvalue weighted by Crippen LogP contribution is 2.37.